The number of para-hydroxylation sites is 2. The summed E-state index contributed by atoms with van der Waals surface area (Å²) in [6.45, 7) is 8.97. The van der Waals surface area contributed by atoms with E-state index in [0.29, 0.717) is 17.1 Å². The molecule has 3 aromatic carbocycles. The summed E-state index contributed by atoms with van der Waals surface area (Å²) in [6, 6.07) is 30.7. The smallest absolute Gasteiger partial charge is 0.269 e. The second-order valence-electron chi connectivity index (χ2n) is 7.36. The third kappa shape index (κ3) is 5.10. The maximum Gasteiger partial charge on any atom is 0.269 e. The van der Waals surface area contributed by atoms with E-state index in [-0.39, 0.29) is 5.70 Å². The molecule has 4 rings (SSSR count). The molecule has 1 aliphatic rings. The third-order valence-corrected chi connectivity index (χ3v) is 5.05. The fourth-order valence-corrected chi connectivity index (χ4v) is 3.55. The van der Waals surface area contributed by atoms with Crippen molar-refractivity contribution in [3.63, 3.8) is 0 Å². The highest BCUT2D eigenvalue weighted by molar-refractivity contribution is 5.77. The van der Waals surface area contributed by atoms with E-state index < -0.39 is 0 Å². The second kappa shape index (κ2) is 10.0. The third-order valence-electron chi connectivity index (χ3n) is 5.05. The molecule has 0 aliphatic carbocycles. The molecule has 0 unspecified atom stereocenters. The minimum Gasteiger partial charge on any atom is -0.462 e. The van der Waals surface area contributed by atoms with E-state index in [9.17, 15) is 0 Å². The van der Waals surface area contributed by atoms with E-state index in [2.05, 4.69) is 46.1 Å². The zero-order valence-electron chi connectivity index (χ0n) is 18.1. The van der Waals surface area contributed by atoms with Gasteiger partial charge in [0.1, 0.15) is 11.5 Å². The summed E-state index contributed by atoms with van der Waals surface area (Å²) >= 11 is 0. The molecule has 0 fully saturated rings. The molecule has 0 atom stereocenters. The lowest BCUT2D eigenvalue weighted by molar-refractivity contribution is 0.318. The van der Waals surface area contributed by atoms with Gasteiger partial charge in [-0.3, -0.25) is 0 Å². The lowest BCUT2D eigenvalue weighted by atomic mass is 10.1. The van der Waals surface area contributed by atoms with Gasteiger partial charge in [-0.15, -0.1) is 0 Å². The van der Waals surface area contributed by atoms with Crippen LogP contribution in [0.3, 0.4) is 0 Å². The van der Waals surface area contributed by atoms with E-state index in [1.165, 1.54) is 0 Å². The minimum absolute atomic E-state index is 0.0508. The standard InChI is InChI=1S/C29H21N3O/c1-22-19-24(29(21-30)31-2)20-28(33-22)18-15-23-13-16-27(17-14-23)32(25-9-5-3-6-10-25)26-11-7-4-8-12-26/h3-20H,1H3. The summed E-state index contributed by atoms with van der Waals surface area (Å²) in [6.07, 6.45) is 7.20. The van der Waals surface area contributed by atoms with Crippen LogP contribution in [0.4, 0.5) is 17.1 Å². The average Bonchev–Trinajstić information content (AvgIpc) is 2.86. The Labute approximate surface area is 194 Å². The average molecular weight is 428 g/mol. The Kier molecular flexibility index (Phi) is 6.50. The summed E-state index contributed by atoms with van der Waals surface area (Å²) in [7, 11) is 0. The van der Waals surface area contributed by atoms with E-state index in [4.69, 9.17) is 16.6 Å². The van der Waals surface area contributed by atoms with Gasteiger partial charge in [-0.25, -0.2) is 10.1 Å². The number of ether oxygens (including phenoxy) is 1. The van der Waals surface area contributed by atoms with Crippen molar-refractivity contribution < 1.29 is 4.74 Å². The highest BCUT2D eigenvalue weighted by Gasteiger charge is 2.12. The lowest BCUT2D eigenvalue weighted by Gasteiger charge is -2.25. The summed E-state index contributed by atoms with van der Waals surface area (Å²) in [5.41, 5.74) is 4.84. The number of nitrogens with zero attached hydrogens (tertiary/aromatic N) is 3. The zero-order chi connectivity index (χ0) is 23.0. The number of anilines is 3. The van der Waals surface area contributed by atoms with E-state index >= 15 is 0 Å². The molecule has 1 aliphatic heterocycles. The van der Waals surface area contributed by atoms with Crippen molar-refractivity contribution in [2.24, 2.45) is 0 Å². The molecule has 0 spiro atoms. The predicted molar refractivity (Wildman–Crippen MR) is 132 cm³/mol. The number of nitriles is 1. The van der Waals surface area contributed by atoms with Gasteiger partial charge < -0.3 is 9.64 Å². The van der Waals surface area contributed by atoms with Crippen molar-refractivity contribution in [2.75, 3.05) is 4.90 Å². The van der Waals surface area contributed by atoms with Crippen LogP contribution in [0, 0.1) is 17.9 Å². The maximum atomic E-state index is 9.15. The Morgan fingerprint density at radius 3 is 1.97 bits per heavy atom. The maximum absolute atomic E-state index is 9.15. The van der Waals surface area contributed by atoms with Crippen LogP contribution in [0.15, 0.2) is 126 Å². The van der Waals surface area contributed by atoms with Gasteiger partial charge in [0.05, 0.1) is 12.6 Å². The van der Waals surface area contributed by atoms with Crippen LogP contribution in [0.2, 0.25) is 0 Å². The molecule has 0 radical (unpaired) electrons. The molecule has 0 aromatic heterocycles. The SMILES string of the molecule is [C-]#[N+]C(C#N)=C1C=C(C)OC(C=Cc2ccc(N(c3ccccc3)c3ccccc3)cc2)=C1. The van der Waals surface area contributed by atoms with Crippen LogP contribution in [0.25, 0.3) is 10.9 Å². The van der Waals surface area contributed by atoms with Crippen molar-refractivity contribution >= 4 is 23.1 Å². The first-order chi connectivity index (χ1) is 16.2. The van der Waals surface area contributed by atoms with Crippen molar-refractivity contribution in [3.05, 3.63) is 143 Å². The quantitative estimate of drug-likeness (QED) is 0.310. The first-order valence-corrected chi connectivity index (χ1v) is 10.5. The Bertz CT molecular complexity index is 1280. The van der Waals surface area contributed by atoms with Gasteiger partial charge >= 0.3 is 0 Å². The summed E-state index contributed by atoms with van der Waals surface area (Å²) < 4.78 is 5.74. The first kappa shape index (κ1) is 21.4. The molecule has 0 saturated heterocycles. The van der Waals surface area contributed by atoms with Crippen LogP contribution in [0.5, 0.6) is 0 Å². The molecule has 158 valence electrons. The highest BCUT2D eigenvalue weighted by Crippen LogP contribution is 2.34. The van der Waals surface area contributed by atoms with Crippen LogP contribution in [0.1, 0.15) is 12.5 Å². The van der Waals surface area contributed by atoms with Gasteiger partial charge in [0.2, 0.25) is 0 Å². The van der Waals surface area contributed by atoms with Gasteiger partial charge in [0, 0.05) is 17.1 Å². The number of benzene rings is 3. The molecule has 0 amide bonds. The van der Waals surface area contributed by atoms with Gasteiger partial charge in [0.25, 0.3) is 5.70 Å². The molecule has 0 saturated carbocycles. The van der Waals surface area contributed by atoms with Crippen molar-refractivity contribution in [2.45, 2.75) is 6.92 Å². The molecular weight excluding hydrogens is 406 g/mol. The van der Waals surface area contributed by atoms with Crippen LogP contribution >= 0.6 is 0 Å². The zero-order valence-corrected chi connectivity index (χ0v) is 18.1. The summed E-state index contributed by atoms with van der Waals surface area (Å²) in [4.78, 5) is 5.50. The lowest BCUT2D eigenvalue weighted by Crippen LogP contribution is -2.09. The number of hydrogen-bond acceptors (Lipinski definition) is 3. The van der Waals surface area contributed by atoms with Crippen LogP contribution in [-0.4, -0.2) is 0 Å². The molecule has 4 heteroatoms. The Morgan fingerprint density at radius 2 is 1.42 bits per heavy atom. The number of rotatable bonds is 5. The van der Waals surface area contributed by atoms with Gasteiger partial charge in [-0.1, -0.05) is 54.6 Å². The molecule has 1 heterocycles. The van der Waals surface area contributed by atoms with E-state index in [1.54, 1.807) is 19.1 Å². The van der Waals surface area contributed by atoms with E-state index in [0.717, 1.165) is 22.6 Å². The van der Waals surface area contributed by atoms with Crippen molar-refractivity contribution in [1.82, 2.24) is 0 Å². The van der Waals surface area contributed by atoms with Gasteiger partial charge in [-0.2, -0.15) is 0 Å². The van der Waals surface area contributed by atoms with Crippen LogP contribution < -0.4 is 4.90 Å². The second-order valence-corrected chi connectivity index (χ2v) is 7.36. The fraction of sp³-hybridized carbons (Fsp3) is 0.0345. The Hall–Kier alpha value is -4.80. The van der Waals surface area contributed by atoms with Crippen molar-refractivity contribution in [1.29, 1.82) is 5.26 Å². The normalized spacial score (nSPS) is 14.4. The minimum atomic E-state index is 0.0508. The first-order valence-electron chi connectivity index (χ1n) is 10.5. The Morgan fingerprint density at radius 1 is 0.848 bits per heavy atom. The fourth-order valence-electron chi connectivity index (χ4n) is 3.55. The molecular formula is C29H21N3O. The summed E-state index contributed by atoms with van der Waals surface area (Å²) in [5, 5.41) is 9.15. The van der Waals surface area contributed by atoms with Gasteiger partial charge in [0.15, 0.2) is 0 Å². The van der Waals surface area contributed by atoms with Crippen molar-refractivity contribution in [3.8, 4) is 6.07 Å². The molecule has 33 heavy (non-hydrogen) atoms. The monoisotopic (exact) mass is 427 g/mol. The predicted octanol–water partition coefficient (Wildman–Crippen LogP) is 7.68. The topological polar surface area (TPSA) is 40.6 Å². The van der Waals surface area contributed by atoms with Crippen LogP contribution in [-0.2, 0) is 4.74 Å². The molecule has 3 aromatic rings. The summed E-state index contributed by atoms with van der Waals surface area (Å²) in [5.74, 6) is 1.22. The number of allylic oxidation sites excluding steroid dienone is 6. The molecule has 0 N–H and O–H groups in total. The number of hydrogen-bond donors (Lipinski definition) is 0. The Balaban J connectivity index is 1.61. The largest absolute Gasteiger partial charge is 0.462 e. The highest BCUT2D eigenvalue weighted by atomic mass is 16.5. The van der Waals surface area contributed by atoms with Gasteiger partial charge in [-0.05, 0) is 72.7 Å². The van der Waals surface area contributed by atoms with E-state index in [1.807, 2.05) is 66.8 Å². The molecule has 4 nitrogen and oxygen atoms in total. The molecule has 0 bridgehead atoms.